The molecular formula is C8H13NO. The minimum absolute atomic E-state index is 0.213. The Balaban J connectivity index is 3.32. The maximum atomic E-state index is 10.5. The Bertz CT molecular complexity index is 146. The fourth-order valence-corrected chi connectivity index (χ4v) is 0.708. The number of hydrogen-bond acceptors (Lipinski definition) is 2. The maximum Gasteiger partial charge on any atom is 0.129 e. The Kier molecular flexibility index (Phi) is 4.57. The van der Waals surface area contributed by atoms with Gasteiger partial charge in [-0.1, -0.05) is 6.92 Å². The zero-order chi connectivity index (χ0) is 7.98. The van der Waals surface area contributed by atoms with E-state index in [9.17, 15) is 4.79 Å². The fraction of sp³-hybridized carbons (Fsp3) is 0.750. The number of hydrogen-bond donors (Lipinski definition) is 0. The summed E-state index contributed by atoms with van der Waals surface area (Å²) in [5.41, 5.74) is 0. The molecule has 0 fully saturated rings. The van der Waals surface area contributed by atoms with Crippen LogP contribution in [0.3, 0.4) is 0 Å². The SMILES string of the molecule is CC(=O)CCC(C)CC#N. The quantitative estimate of drug-likeness (QED) is 0.597. The van der Waals surface area contributed by atoms with Crippen LogP contribution in [-0.4, -0.2) is 5.78 Å². The highest BCUT2D eigenvalue weighted by Gasteiger charge is 2.01. The second kappa shape index (κ2) is 4.99. The molecule has 0 saturated carbocycles. The van der Waals surface area contributed by atoms with Crippen LogP contribution >= 0.6 is 0 Å². The Labute approximate surface area is 61.8 Å². The van der Waals surface area contributed by atoms with Crippen LogP contribution in [0, 0.1) is 17.2 Å². The molecule has 0 radical (unpaired) electrons. The molecule has 2 heteroatoms. The lowest BCUT2D eigenvalue weighted by molar-refractivity contribution is -0.117. The van der Waals surface area contributed by atoms with Crippen LogP contribution in [-0.2, 0) is 4.79 Å². The van der Waals surface area contributed by atoms with Gasteiger partial charge in [0.15, 0.2) is 0 Å². The van der Waals surface area contributed by atoms with Gasteiger partial charge in [0.1, 0.15) is 5.78 Å². The summed E-state index contributed by atoms with van der Waals surface area (Å²) < 4.78 is 0. The van der Waals surface area contributed by atoms with E-state index in [1.807, 2.05) is 6.92 Å². The monoisotopic (exact) mass is 139 g/mol. The van der Waals surface area contributed by atoms with Gasteiger partial charge in [-0.15, -0.1) is 0 Å². The van der Waals surface area contributed by atoms with Crippen molar-refractivity contribution in [1.29, 1.82) is 5.26 Å². The third-order valence-electron chi connectivity index (χ3n) is 1.43. The number of rotatable bonds is 4. The van der Waals surface area contributed by atoms with Gasteiger partial charge in [0.2, 0.25) is 0 Å². The summed E-state index contributed by atoms with van der Waals surface area (Å²) in [7, 11) is 0. The second-order valence-corrected chi connectivity index (χ2v) is 2.71. The molecule has 1 unspecified atom stereocenters. The molecule has 0 saturated heterocycles. The van der Waals surface area contributed by atoms with Crippen LogP contribution in [0.15, 0.2) is 0 Å². The van der Waals surface area contributed by atoms with Crippen molar-refractivity contribution in [3.63, 3.8) is 0 Å². The van der Waals surface area contributed by atoms with Crippen molar-refractivity contribution in [2.24, 2.45) is 5.92 Å². The predicted molar refractivity (Wildman–Crippen MR) is 39.3 cm³/mol. The standard InChI is InChI=1S/C8H13NO/c1-7(5-6-9)3-4-8(2)10/h7H,3-5H2,1-2H3. The summed E-state index contributed by atoms with van der Waals surface area (Å²) in [5.74, 6) is 0.582. The lowest BCUT2D eigenvalue weighted by atomic mass is 10.0. The van der Waals surface area contributed by atoms with Gasteiger partial charge in [0.25, 0.3) is 0 Å². The van der Waals surface area contributed by atoms with E-state index in [1.54, 1.807) is 6.92 Å². The van der Waals surface area contributed by atoms with E-state index in [0.29, 0.717) is 18.8 Å². The molecule has 0 heterocycles. The molecule has 0 aliphatic carbocycles. The second-order valence-electron chi connectivity index (χ2n) is 2.71. The van der Waals surface area contributed by atoms with Crippen molar-refractivity contribution < 1.29 is 4.79 Å². The van der Waals surface area contributed by atoms with Gasteiger partial charge in [-0.2, -0.15) is 5.26 Å². The van der Waals surface area contributed by atoms with Crippen LogP contribution < -0.4 is 0 Å². The number of carbonyl (C=O) groups is 1. The topological polar surface area (TPSA) is 40.9 Å². The van der Waals surface area contributed by atoms with Crippen molar-refractivity contribution in [3.8, 4) is 6.07 Å². The number of ketones is 1. The van der Waals surface area contributed by atoms with Crippen molar-refractivity contribution in [2.45, 2.75) is 33.1 Å². The van der Waals surface area contributed by atoms with Crippen molar-refractivity contribution >= 4 is 5.78 Å². The first-order chi connectivity index (χ1) is 4.66. The van der Waals surface area contributed by atoms with E-state index in [0.717, 1.165) is 6.42 Å². The summed E-state index contributed by atoms with van der Waals surface area (Å²) in [6.45, 7) is 3.57. The van der Waals surface area contributed by atoms with E-state index < -0.39 is 0 Å². The molecule has 0 bridgehead atoms. The third-order valence-corrected chi connectivity index (χ3v) is 1.43. The van der Waals surface area contributed by atoms with Crippen LogP contribution in [0.2, 0.25) is 0 Å². The Morgan fingerprint density at radius 3 is 2.70 bits per heavy atom. The number of Topliss-reactive ketones (excluding diaryl/α,β-unsaturated/α-hetero) is 1. The molecule has 0 aromatic carbocycles. The first-order valence-electron chi connectivity index (χ1n) is 3.53. The summed E-state index contributed by atoms with van der Waals surface area (Å²) in [5, 5.41) is 8.27. The smallest absolute Gasteiger partial charge is 0.129 e. The molecule has 0 N–H and O–H groups in total. The highest BCUT2D eigenvalue weighted by molar-refractivity contribution is 5.75. The van der Waals surface area contributed by atoms with E-state index in [2.05, 4.69) is 6.07 Å². The summed E-state index contributed by atoms with van der Waals surface area (Å²) in [6.07, 6.45) is 2.03. The third kappa shape index (κ3) is 5.30. The molecule has 0 aromatic heterocycles. The molecule has 0 aliphatic rings. The van der Waals surface area contributed by atoms with Gasteiger partial charge in [0.05, 0.1) is 6.07 Å². The van der Waals surface area contributed by atoms with E-state index in [1.165, 1.54) is 0 Å². The first-order valence-corrected chi connectivity index (χ1v) is 3.53. The van der Waals surface area contributed by atoms with Gasteiger partial charge in [-0.25, -0.2) is 0 Å². The van der Waals surface area contributed by atoms with Crippen LogP contribution in [0.25, 0.3) is 0 Å². The normalized spacial score (nSPS) is 12.1. The molecule has 0 aromatic rings. The largest absolute Gasteiger partial charge is 0.300 e. The fourth-order valence-electron chi connectivity index (χ4n) is 0.708. The zero-order valence-electron chi connectivity index (χ0n) is 6.55. The molecular weight excluding hydrogens is 126 g/mol. The zero-order valence-corrected chi connectivity index (χ0v) is 6.55. The average Bonchev–Trinajstić information content (AvgIpc) is 1.85. The van der Waals surface area contributed by atoms with Crippen LogP contribution in [0.4, 0.5) is 0 Å². The molecule has 2 nitrogen and oxygen atoms in total. The lowest BCUT2D eigenvalue weighted by Gasteiger charge is -2.02. The average molecular weight is 139 g/mol. The molecule has 0 spiro atoms. The lowest BCUT2D eigenvalue weighted by Crippen LogP contribution is -1.97. The summed E-state index contributed by atoms with van der Waals surface area (Å²) >= 11 is 0. The number of nitrogens with zero attached hydrogens (tertiary/aromatic N) is 1. The highest BCUT2D eigenvalue weighted by atomic mass is 16.1. The van der Waals surface area contributed by atoms with Crippen LogP contribution in [0.5, 0.6) is 0 Å². The first kappa shape index (κ1) is 9.16. The summed E-state index contributed by atoms with van der Waals surface area (Å²) in [4.78, 5) is 10.5. The molecule has 0 amide bonds. The van der Waals surface area contributed by atoms with Gasteiger partial charge in [-0.05, 0) is 19.3 Å². The number of nitriles is 1. The van der Waals surface area contributed by atoms with E-state index >= 15 is 0 Å². The molecule has 10 heavy (non-hydrogen) atoms. The molecule has 1 atom stereocenters. The van der Waals surface area contributed by atoms with Gasteiger partial charge in [0, 0.05) is 12.8 Å². The van der Waals surface area contributed by atoms with Crippen molar-refractivity contribution in [1.82, 2.24) is 0 Å². The van der Waals surface area contributed by atoms with Crippen molar-refractivity contribution in [3.05, 3.63) is 0 Å². The van der Waals surface area contributed by atoms with Crippen molar-refractivity contribution in [2.75, 3.05) is 0 Å². The maximum absolute atomic E-state index is 10.5. The van der Waals surface area contributed by atoms with E-state index in [4.69, 9.17) is 5.26 Å². The Morgan fingerprint density at radius 1 is 1.70 bits per heavy atom. The Morgan fingerprint density at radius 2 is 2.30 bits per heavy atom. The molecule has 0 aliphatic heterocycles. The van der Waals surface area contributed by atoms with E-state index in [-0.39, 0.29) is 5.78 Å². The predicted octanol–water partition coefficient (Wildman–Crippen LogP) is 1.91. The minimum Gasteiger partial charge on any atom is -0.300 e. The minimum atomic E-state index is 0.213. The van der Waals surface area contributed by atoms with Crippen LogP contribution in [0.1, 0.15) is 33.1 Å². The molecule has 56 valence electrons. The highest BCUT2D eigenvalue weighted by Crippen LogP contribution is 2.08. The number of carbonyl (C=O) groups excluding carboxylic acids is 1. The molecule has 0 rings (SSSR count). The van der Waals surface area contributed by atoms with Gasteiger partial charge in [-0.3, -0.25) is 0 Å². The van der Waals surface area contributed by atoms with Gasteiger partial charge >= 0.3 is 0 Å². The van der Waals surface area contributed by atoms with Gasteiger partial charge < -0.3 is 4.79 Å². The Hall–Kier alpha value is -0.840. The summed E-state index contributed by atoms with van der Waals surface area (Å²) in [6, 6.07) is 2.08.